The molecule has 6 nitrogen and oxygen atoms in total. The number of unbranched alkanes of at least 4 members (excludes halogenated alkanes) is 1. The fraction of sp³-hybridized carbons (Fsp3) is 0.800. The van der Waals surface area contributed by atoms with Gasteiger partial charge in [0.15, 0.2) is 0 Å². The molecule has 1 N–H and O–H groups in total. The largest absolute Gasteiger partial charge is 0.464 e. The molecule has 0 spiro atoms. The van der Waals surface area contributed by atoms with Gasteiger partial charge in [0.1, 0.15) is 12.1 Å². The van der Waals surface area contributed by atoms with Crippen LogP contribution < -0.4 is 5.32 Å². The van der Waals surface area contributed by atoms with Crippen molar-refractivity contribution < 1.29 is 19.1 Å². The number of nitrogens with one attached hydrogen (secondary N) is 1. The molecule has 3 aliphatic rings. The van der Waals surface area contributed by atoms with E-state index in [4.69, 9.17) is 4.74 Å². The summed E-state index contributed by atoms with van der Waals surface area (Å²) in [6.45, 7) is 2.08. The highest BCUT2D eigenvalue weighted by molar-refractivity contribution is 6.09. The highest BCUT2D eigenvalue weighted by atomic mass is 16.5. The molecule has 3 fully saturated rings. The van der Waals surface area contributed by atoms with E-state index in [9.17, 15) is 14.4 Å². The second kappa shape index (κ2) is 5.31. The normalized spacial score (nSPS) is 24.1. The fourth-order valence-corrected chi connectivity index (χ4v) is 3.23. The number of carbonyl (C=O) groups is 3. The molecule has 3 amide bonds. The van der Waals surface area contributed by atoms with E-state index in [-0.39, 0.29) is 24.3 Å². The van der Waals surface area contributed by atoms with Crippen molar-refractivity contribution in [1.82, 2.24) is 10.2 Å². The van der Waals surface area contributed by atoms with Gasteiger partial charge < -0.3 is 10.1 Å². The molecule has 0 atom stereocenters. The van der Waals surface area contributed by atoms with E-state index in [0.29, 0.717) is 6.61 Å². The van der Waals surface area contributed by atoms with Gasteiger partial charge in [-0.3, -0.25) is 14.5 Å². The zero-order valence-corrected chi connectivity index (χ0v) is 12.4. The summed E-state index contributed by atoms with van der Waals surface area (Å²) in [6, 6.07) is -0.439. The van der Waals surface area contributed by atoms with E-state index in [1.165, 1.54) is 0 Å². The molecule has 0 aromatic carbocycles. The molecule has 6 heteroatoms. The van der Waals surface area contributed by atoms with Crippen LogP contribution in [0.25, 0.3) is 0 Å². The van der Waals surface area contributed by atoms with E-state index in [1.807, 2.05) is 6.92 Å². The van der Waals surface area contributed by atoms with Crippen molar-refractivity contribution in [2.24, 2.45) is 11.8 Å². The number of hydrogen-bond donors (Lipinski definition) is 1. The molecule has 3 rings (SSSR count). The lowest BCUT2D eigenvalue weighted by atomic mass is 9.87. The number of amides is 3. The van der Waals surface area contributed by atoms with Crippen LogP contribution in [0.5, 0.6) is 0 Å². The molecule has 1 saturated heterocycles. The van der Waals surface area contributed by atoms with E-state index < -0.39 is 17.5 Å². The Hall–Kier alpha value is -1.59. The SMILES string of the molecule is CCCCOC(=O)CN1C(=O)NC(C2CC2)(C2CC2)C1=O. The molecule has 1 aliphatic heterocycles. The lowest BCUT2D eigenvalue weighted by Crippen LogP contribution is -2.51. The number of imide groups is 1. The standard InChI is InChI=1S/C15H22N2O4/c1-2-3-8-21-12(18)9-17-13(19)15(10-4-5-10,11-6-7-11)16-14(17)20/h10-11H,2-9H2,1H3,(H,16,20). The summed E-state index contributed by atoms with van der Waals surface area (Å²) in [7, 11) is 0. The molecule has 21 heavy (non-hydrogen) atoms. The molecule has 2 aliphatic carbocycles. The third-order valence-electron chi connectivity index (χ3n) is 4.65. The van der Waals surface area contributed by atoms with Crippen molar-refractivity contribution >= 4 is 17.9 Å². The number of nitrogens with zero attached hydrogens (tertiary/aromatic N) is 1. The predicted molar refractivity (Wildman–Crippen MR) is 74.3 cm³/mol. The Kier molecular flexibility index (Phi) is 3.63. The van der Waals surface area contributed by atoms with Crippen LogP contribution >= 0.6 is 0 Å². The van der Waals surface area contributed by atoms with Crippen LogP contribution in [0.15, 0.2) is 0 Å². The minimum absolute atomic E-state index is 0.218. The quantitative estimate of drug-likeness (QED) is 0.438. The van der Waals surface area contributed by atoms with Gasteiger partial charge in [-0.25, -0.2) is 4.79 Å². The van der Waals surface area contributed by atoms with E-state index in [2.05, 4.69) is 5.32 Å². The number of esters is 1. The highest BCUT2D eigenvalue weighted by Crippen LogP contribution is 2.54. The van der Waals surface area contributed by atoms with Crippen molar-refractivity contribution in [3.05, 3.63) is 0 Å². The molecular formula is C15H22N2O4. The summed E-state index contributed by atoms with van der Waals surface area (Å²) in [6.07, 6.45) is 5.66. The van der Waals surface area contributed by atoms with Crippen LogP contribution in [0.4, 0.5) is 4.79 Å². The molecule has 1 heterocycles. The maximum Gasteiger partial charge on any atom is 0.326 e. The Bertz CT molecular complexity index is 456. The first-order valence-electron chi connectivity index (χ1n) is 7.89. The van der Waals surface area contributed by atoms with Crippen LogP contribution in [-0.4, -0.2) is 41.5 Å². The van der Waals surface area contributed by atoms with E-state index in [1.54, 1.807) is 0 Å². The number of carbonyl (C=O) groups excluding carboxylic acids is 3. The zero-order valence-electron chi connectivity index (χ0n) is 12.4. The molecule has 0 unspecified atom stereocenters. The predicted octanol–water partition coefficient (Wildman–Crippen LogP) is 1.44. The topological polar surface area (TPSA) is 75.7 Å². The van der Waals surface area contributed by atoms with Gasteiger partial charge in [0.2, 0.25) is 0 Å². The third kappa shape index (κ3) is 2.51. The van der Waals surface area contributed by atoms with Crippen LogP contribution in [-0.2, 0) is 14.3 Å². The first-order chi connectivity index (χ1) is 10.1. The van der Waals surface area contributed by atoms with Gasteiger partial charge in [-0.05, 0) is 43.9 Å². The van der Waals surface area contributed by atoms with Crippen LogP contribution in [0.1, 0.15) is 45.4 Å². The summed E-state index contributed by atoms with van der Waals surface area (Å²) in [5.41, 5.74) is -0.721. The summed E-state index contributed by atoms with van der Waals surface area (Å²) < 4.78 is 5.05. The maximum absolute atomic E-state index is 12.7. The van der Waals surface area contributed by atoms with E-state index >= 15 is 0 Å². The molecule has 116 valence electrons. The average Bonchev–Trinajstić information content (AvgIpc) is 3.34. The second-order valence-electron chi connectivity index (χ2n) is 6.31. The smallest absolute Gasteiger partial charge is 0.326 e. The first kappa shape index (κ1) is 14.4. The van der Waals surface area contributed by atoms with Gasteiger partial charge in [0.25, 0.3) is 5.91 Å². The summed E-state index contributed by atoms with van der Waals surface area (Å²) in [5, 5.41) is 2.89. The molecule has 0 aromatic heterocycles. The Morgan fingerprint density at radius 2 is 1.90 bits per heavy atom. The van der Waals surface area contributed by atoms with Crippen LogP contribution in [0, 0.1) is 11.8 Å². The Balaban J connectivity index is 1.65. The lowest BCUT2D eigenvalue weighted by molar-refractivity contribution is -0.148. The monoisotopic (exact) mass is 294 g/mol. The second-order valence-corrected chi connectivity index (χ2v) is 6.31. The van der Waals surface area contributed by atoms with Gasteiger partial charge in [0.05, 0.1) is 6.61 Å². The molecule has 0 radical (unpaired) electrons. The number of urea groups is 1. The average molecular weight is 294 g/mol. The minimum Gasteiger partial charge on any atom is -0.464 e. The maximum atomic E-state index is 12.7. The van der Waals surface area contributed by atoms with Gasteiger partial charge in [-0.2, -0.15) is 0 Å². The zero-order chi connectivity index (χ0) is 15.0. The van der Waals surface area contributed by atoms with Gasteiger partial charge >= 0.3 is 12.0 Å². The van der Waals surface area contributed by atoms with Gasteiger partial charge in [-0.15, -0.1) is 0 Å². The number of ether oxygens (including phenoxy) is 1. The third-order valence-corrected chi connectivity index (χ3v) is 4.65. The summed E-state index contributed by atoms with van der Waals surface area (Å²) >= 11 is 0. The minimum atomic E-state index is -0.721. The molecular weight excluding hydrogens is 272 g/mol. The van der Waals surface area contributed by atoms with Crippen molar-refractivity contribution in [2.45, 2.75) is 51.0 Å². The molecule has 2 saturated carbocycles. The van der Waals surface area contributed by atoms with Crippen LogP contribution in [0.2, 0.25) is 0 Å². The van der Waals surface area contributed by atoms with Crippen molar-refractivity contribution in [1.29, 1.82) is 0 Å². The summed E-state index contributed by atoms with van der Waals surface area (Å²) in [5.74, 6) is -0.218. The number of hydrogen-bond acceptors (Lipinski definition) is 4. The first-order valence-corrected chi connectivity index (χ1v) is 7.89. The van der Waals surface area contributed by atoms with E-state index in [0.717, 1.165) is 43.4 Å². The fourth-order valence-electron chi connectivity index (χ4n) is 3.23. The van der Waals surface area contributed by atoms with Gasteiger partial charge in [-0.1, -0.05) is 13.3 Å². The summed E-state index contributed by atoms with van der Waals surface area (Å²) in [4.78, 5) is 37.6. The molecule has 0 bridgehead atoms. The van der Waals surface area contributed by atoms with Crippen LogP contribution in [0.3, 0.4) is 0 Å². The van der Waals surface area contributed by atoms with Crippen molar-refractivity contribution in [2.75, 3.05) is 13.2 Å². The Morgan fingerprint density at radius 3 is 2.43 bits per heavy atom. The Labute approximate surface area is 124 Å². The van der Waals surface area contributed by atoms with Gasteiger partial charge in [0, 0.05) is 0 Å². The molecule has 0 aromatic rings. The number of rotatable bonds is 7. The van der Waals surface area contributed by atoms with Crippen molar-refractivity contribution in [3.63, 3.8) is 0 Å². The van der Waals surface area contributed by atoms with Crippen molar-refractivity contribution in [3.8, 4) is 0 Å². The lowest BCUT2D eigenvalue weighted by Gasteiger charge is -2.26. The Morgan fingerprint density at radius 1 is 1.29 bits per heavy atom. The highest BCUT2D eigenvalue weighted by Gasteiger charge is 2.65.